The lowest BCUT2D eigenvalue weighted by Gasteiger charge is -2.31. The summed E-state index contributed by atoms with van der Waals surface area (Å²) in [5, 5.41) is 2.73. The molecule has 23 heavy (non-hydrogen) atoms. The van der Waals surface area contributed by atoms with Crippen molar-refractivity contribution in [1.29, 1.82) is 0 Å². The summed E-state index contributed by atoms with van der Waals surface area (Å²) in [5.41, 5.74) is 0.926. The quantitative estimate of drug-likeness (QED) is 0.901. The Labute approximate surface area is 132 Å². The summed E-state index contributed by atoms with van der Waals surface area (Å²) >= 11 is 0. The largest absolute Gasteiger partial charge is 0.411 e. The Balaban J connectivity index is 1.87. The predicted octanol–water partition coefficient (Wildman–Crippen LogP) is 2.65. The minimum atomic E-state index is -4.33. The smallest absolute Gasteiger partial charge is 0.368 e. The number of amides is 1. The Hall–Kier alpha value is -1.70. The molecule has 1 aliphatic rings. The highest BCUT2D eigenvalue weighted by atomic mass is 19.4. The summed E-state index contributed by atoms with van der Waals surface area (Å²) in [6.07, 6.45) is -0.395. The molecule has 8 heteroatoms. The van der Waals surface area contributed by atoms with E-state index in [1.54, 1.807) is 13.0 Å². The van der Waals surface area contributed by atoms with Crippen molar-refractivity contribution in [2.45, 2.75) is 44.9 Å². The molecule has 1 aliphatic carbocycles. The zero-order valence-corrected chi connectivity index (χ0v) is 12.9. The normalized spacial score (nSPS) is 21.9. The van der Waals surface area contributed by atoms with Crippen molar-refractivity contribution in [2.24, 2.45) is 5.92 Å². The molecule has 0 unspecified atom stereocenters. The van der Waals surface area contributed by atoms with Crippen molar-refractivity contribution in [1.82, 2.24) is 15.3 Å². The number of ether oxygens (including phenoxy) is 1. The number of halogens is 3. The van der Waals surface area contributed by atoms with E-state index < -0.39 is 18.9 Å². The van der Waals surface area contributed by atoms with E-state index in [1.165, 1.54) is 6.33 Å². The molecular formula is C15H20F3N3O2. The third kappa shape index (κ3) is 5.78. The molecule has 1 aromatic heterocycles. The van der Waals surface area contributed by atoms with Gasteiger partial charge in [-0.05, 0) is 25.8 Å². The molecule has 0 radical (unpaired) electrons. The standard InChI is InChI=1S/C15H20F3N3O2/c1-10-6-12(21-9-20-10)14(22)19-7-11-4-2-3-5-13(11)23-8-15(16,17)18/h6,9,11,13H,2-5,7-8H2,1H3,(H,19,22)/t11-,13-/m1/s1. The predicted molar refractivity (Wildman–Crippen MR) is 76.9 cm³/mol. The SMILES string of the molecule is Cc1cc(C(=O)NC[C@H]2CCCC[C@H]2OCC(F)(F)F)ncn1. The zero-order valence-electron chi connectivity index (χ0n) is 12.9. The minimum Gasteiger partial charge on any atom is -0.368 e. The molecule has 0 bridgehead atoms. The van der Waals surface area contributed by atoms with Crippen molar-refractivity contribution >= 4 is 5.91 Å². The van der Waals surface area contributed by atoms with Crippen molar-refractivity contribution in [3.05, 3.63) is 23.8 Å². The summed E-state index contributed by atoms with van der Waals surface area (Å²) in [6, 6.07) is 1.56. The van der Waals surface area contributed by atoms with E-state index in [1.807, 2.05) is 0 Å². The Morgan fingerprint density at radius 3 is 2.78 bits per heavy atom. The summed E-state index contributed by atoms with van der Waals surface area (Å²) < 4.78 is 41.9. The summed E-state index contributed by atoms with van der Waals surface area (Å²) in [7, 11) is 0. The topological polar surface area (TPSA) is 64.1 Å². The van der Waals surface area contributed by atoms with E-state index in [0.717, 1.165) is 19.3 Å². The number of nitrogens with one attached hydrogen (secondary N) is 1. The molecule has 1 amide bonds. The third-order valence-electron chi connectivity index (χ3n) is 3.86. The number of alkyl halides is 3. The number of hydrogen-bond donors (Lipinski definition) is 1. The molecule has 128 valence electrons. The number of rotatable bonds is 5. The van der Waals surface area contributed by atoms with Crippen LogP contribution in [0.4, 0.5) is 13.2 Å². The fraction of sp³-hybridized carbons (Fsp3) is 0.667. The number of aromatic nitrogens is 2. The van der Waals surface area contributed by atoms with Crippen LogP contribution in [0.5, 0.6) is 0 Å². The number of carbonyl (C=O) groups is 1. The van der Waals surface area contributed by atoms with Gasteiger partial charge in [0, 0.05) is 18.2 Å². The molecule has 0 aliphatic heterocycles. The monoisotopic (exact) mass is 331 g/mol. The van der Waals surface area contributed by atoms with Crippen LogP contribution in [0.15, 0.2) is 12.4 Å². The summed E-state index contributed by atoms with van der Waals surface area (Å²) in [6.45, 7) is 0.790. The molecule has 2 rings (SSSR count). The van der Waals surface area contributed by atoms with E-state index in [4.69, 9.17) is 4.74 Å². The van der Waals surface area contributed by atoms with Gasteiger partial charge in [0.15, 0.2) is 0 Å². The van der Waals surface area contributed by atoms with E-state index in [2.05, 4.69) is 15.3 Å². The molecule has 1 N–H and O–H groups in total. The van der Waals surface area contributed by atoms with Gasteiger partial charge in [-0.2, -0.15) is 13.2 Å². The van der Waals surface area contributed by atoms with Crippen LogP contribution in [-0.2, 0) is 4.74 Å². The average Bonchev–Trinajstić information content (AvgIpc) is 2.50. The second-order valence-corrected chi connectivity index (χ2v) is 5.76. The lowest BCUT2D eigenvalue weighted by Crippen LogP contribution is -2.39. The first-order valence-electron chi connectivity index (χ1n) is 7.60. The van der Waals surface area contributed by atoms with Gasteiger partial charge in [-0.3, -0.25) is 4.79 Å². The summed E-state index contributed by atoms with van der Waals surface area (Å²) in [5.74, 6) is -0.464. The van der Waals surface area contributed by atoms with Crippen LogP contribution in [0.3, 0.4) is 0 Å². The van der Waals surface area contributed by atoms with Gasteiger partial charge in [0.2, 0.25) is 0 Å². The molecule has 1 saturated carbocycles. The molecular weight excluding hydrogens is 311 g/mol. The Morgan fingerprint density at radius 1 is 1.35 bits per heavy atom. The van der Waals surface area contributed by atoms with Crippen molar-refractivity contribution in [2.75, 3.05) is 13.2 Å². The average molecular weight is 331 g/mol. The number of aryl methyl sites for hydroxylation is 1. The molecule has 5 nitrogen and oxygen atoms in total. The molecule has 0 spiro atoms. The van der Waals surface area contributed by atoms with Crippen LogP contribution >= 0.6 is 0 Å². The van der Waals surface area contributed by atoms with E-state index in [-0.39, 0.29) is 24.1 Å². The van der Waals surface area contributed by atoms with Crippen LogP contribution in [0.25, 0.3) is 0 Å². The lowest BCUT2D eigenvalue weighted by atomic mass is 9.86. The van der Waals surface area contributed by atoms with Crippen molar-refractivity contribution in [3.8, 4) is 0 Å². The Morgan fingerprint density at radius 2 is 2.09 bits per heavy atom. The molecule has 0 aromatic carbocycles. The first-order chi connectivity index (χ1) is 10.8. The molecule has 0 saturated heterocycles. The van der Waals surface area contributed by atoms with Crippen LogP contribution in [0.2, 0.25) is 0 Å². The number of hydrogen-bond acceptors (Lipinski definition) is 4. The highest BCUT2D eigenvalue weighted by Gasteiger charge is 2.33. The zero-order chi connectivity index (χ0) is 16.9. The Kier molecular flexibility index (Phi) is 5.92. The second-order valence-electron chi connectivity index (χ2n) is 5.76. The maximum absolute atomic E-state index is 12.3. The third-order valence-corrected chi connectivity index (χ3v) is 3.86. The maximum Gasteiger partial charge on any atom is 0.411 e. The van der Waals surface area contributed by atoms with Gasteiger partial charge in [-0.25, -0.2) is 9.97 Å². The highest BCUT2D eigenvalue weighted by Crippen LogP contribution is 2.28. The molecule has 1 aromatic rings. The molecule has 2 atom stereocenters. The van der Waals surface area contributed by atoms with Gasteiger partial charge >= 0.3 is 6.18 Å². The first-order valence-corrected chi connectivity index (χ1v) is 7.60. The van der Waals surface area contributed by atoms with Gasteiger partial charge in [-0.15, -0.1) is 0 Å². The van der Waals surface area contributed by atoms with Gasteiger partial charge in [0.25, 0.3) is 5.91 Å². The fourth-order valence-corrected chi connectivity index (χ4v) is 2.72. The fourth-order valence-electron chi connectivity index (χ4n) is 2.72. The first kappa shape index (κ1) is 17.7. The van der Waals surface area contributed by atoms with Crippen LogP contribution in [-0.4, -0.2) is 41.3 Å². The Bertz CT molecular complexity index is 537. The van der Waals surface area contributed by atoms with Gasteiger partial charge in [-0.1, -0.05) is 12.8 Å². The van der Waals surface area contributed by atoms with Crippen molar-refractivity contribution in [3.63, 3.8) is 0 Å². The molecule has 1 fully saturated rings. The van der Waals surface area contributed by atoms with Crippen LogP contribution in [0, 0.1) is 12.8 Å². The van der Waals surface area contributed by atoms with Gasteiger partial charge in [0.1, 0.15) is 18.6 Å². The lowest BCUT2D eigenvalue weighted by molar-refractivity contribution is -0.193. The van der Waals surface area contributed by atoms with E-state index in [9.17, 15) is 18.0 Å². The van der Waals surface area contributed by atoms with Gasteiger partial charge in [0.05, 0.1) is 6.10 Å². The van der Waals surface area contributed by atoms with Crippen LogP contribution < -0.4 is 5.32 Å². The number of nitrogens with zero attached hydrogens (tertiary/aromatic N) is 2. The second kappa shape index (κ2) is 7.72. The molecule has 1 heterocycles. The number of carbonyl (C=O) groups excluding carboxylic acids is 1. The van der Waals surface area contributed by atoms with Crippen molar-refractivity contribution < 1.29 is 22.7 Å². The van der Waals surface area contributed by atoms with Crippen LogP contribution in [0.1, 0.15) is 41.9 Å². The van der Waals surface area contributed by atoms with E-state index >= 15 is 0 Å². The van der Waals surface area contributed by atoms with E-state index in [0.29, 0.717) is 12.1 Å². The maximum atomic E-state index is 12.3. The van der Waals surface area contributed by atoms with Gasteiger partial charge < -0.3 is 10.1 Å². The summed E-state index contributed by atoms with van der Waals surface area (Å²) in [4.78, 5) is 19.8. The minimum absolute atomic E-state index is 0.113. The highest BCUT2D eigenvalue weighted by molar-refractivity contribution is 5.92.